The van der Waals surface area contributed by atoms with Gasteiger partial charge in [0.2, 0.25) is 0 Å². The van der Waals surface area contributed by atoms with E-state index in [0.717, 1.165) is 18.6 Å². The lowest BCUT2D eigenvalue weighted by molar-refractivity contribution is 0.140. The van der Waals surface area contributed by atoms with Crippen molar-refractivity contribution >= 4 is 0 Å². The Morgan fingerprint density at radius 1 is 1.33 bits per heavy atom. The molecule has 0 spiro atoms. The molecule has 1 aliphatic rings. The summed E-state index contributed by atoms with van der Waals surface area (Å²) in [7, 11) is 1.79. The molecule has 0 aromatic carbocycles. The summed E-state index contributed by atoms with van der Waals surface area (Å²) in [6, 6.07) is 1.26. The quantitative estimate of drug-likeness (QED) is 0.732. The van der Waals surface area contributed by atoms with E-state index >= 15 is 0 Å². The van der Waals surface area contributed by atoms with Crippen LogP contribution in [-0.2, 0) is 4.74 Å². The smallest absolute Gasteiger partial charge is 0.0618 e. The van der Waals surface area contributed by atoms with Gasteiger partial charge < -0.3 is 10.1 Å². The van der Waals surface area contributed by atoms with Gasteiger partial charge in [-0.05, 0) is 31.1 Å². The Morgan fingerprint density at radius 2 is 2.07 bits per heavy atom. The maximum atomic E-state index is 5.27. The lowest BCUT2D eigenvalue weighted by Crippen LogP contribution is -2.43. The van der Waals surface area contributed by atoms with Gasteiger partial charge in [-0.3, -0.25) is 0 Å². The highest BCUT2D eigenvalue weighted by Gasteiger charge is 2.26. The van der Waals surface area contributed by atoms with E-state index in [9.17, 15) is 0 Å². The van der Waals surface area contributed by atoms with Crippen molar-refractivity contribution in [3.63, 3.8) is 0 Å². The van der Waals surface area contributed by atoms with Gasteiger partial charge in [-0.2, -0.15) is 0 Å². The second-order valence-electron chi connectivity index (χ2n) is 5.26. The van der Waals surface area contributed by atoms with Crippen LogP contribution in [0.15, 0.2) is 0 Å². The van der Waals surface area contributed by atoms with Gasteiger partial charge in [0.05, 0.1) is 6.61 Å². The molecule has 0 saturated heterocycles. The lowest BCUT2D eigenvalue weighted by atomic mass is 10.0. The minimum absolute atomic E-state index is 0.524. The molecule has 3 atom stereocenters. The Kier molecular flexibility index (Phi) is 5.62. The summed E-state index contributed by atoms with van der Waals surface area (Å²) in [5.74, 6) is 1.61. The summed E-state index contributed by atoms with van der Waals surface area (Å²) in [6.45, 7) is 7.68. The SMILES string of the molecule is CCC1CCC(NC(COC)C(C)C)C1. The first kappa shape index (κ1) is 13.0. The molecule has 1 N–H and O–H groups in total. The van der Waals surface area contributed by atoms with Crippen LogP contribution in [0.25, 0.3) is 0 Å². The van der Waals surface area contributed by atoms with E-state index in [2.05, 4.69) is 26.1 Å². The molecule has 15 heavy (non-hydrogen) atoms. The van der Waals surface area contributed by atoms with Crippen LogP contribution in [0.3, 0.4) is 0 Å². The summed E-state index contributed by atoms with van der Waals surface area (Å²) < 4.78 is 5.27. The molecular formula is C13H27NO. The van der Waals surface area contributed by atoms with Crippen molar-refractivity contribution in [2.45, 2.75) is 58.5 Å². The summed E-state index contributed by atoms with van der Waals surface area (Å²) >= 11 is 0. The first-order chi connectivity index (χ1) is 7.17. The third-order valence-electron chi connectivity index (χ3n) is 3.72. The second-order valence-corrected chi connectivity index (χ2v) is 5.26. The minimum atomic E-state index is 0.524. The Hall–Kier alpha value is -0.0800. The molecule has 0 aliphatic heterocycles. The van der Waals surface area contributed by atoms with E-state index in [4.69, 9.17) is 4.74 Å². The number of nitrogens with one attached hydrogen (secondary N) is 1. The zero-order chi connectivity index (χ0) is 11.3. The van der Waals surface area contributed by atoms with Crippen molar-refractivity contribution in [1.29, 1.82) is 0 Å². The zero-order valence-electron chi connectivity index (χ0n) is 10.8. The third-order valence-corrected chi connectivity index (χ3v) is 3.72. The van der Waals surface area contributed by atoms with Gasteiger partial charge >= 0.3 is 0 Å². The van der Waals surface area contributed by atoms with Gasteiger partial charge in [0.25, 0.3) is 0 Å². The molecule has 0 bridgehead atoms. The molecule has 3 unspecified atom stereocenters. The van der Waals surface area contributed by atoms with Gasteiger partial charge in [-0.1, -0.05) is 27.2 Å². The largest absolute Gasteiger partial charge is 0.383 e. The molecule has 0 heterocycles. The molecule has 2 heteroatoms. The maximum absolute atomic E-state index is 5.27. The van der Waals surface area contributed by atoms with E-state index in [0.29, 0.717) is 12.0 Å². The van der Waals surface area contributed by atoms with Crippen LogP contribution in [0.2, 0.25) is 0 Å². The van der Waals surface area contributed by atoms with Crippen molar-refractivity contribution < 1.29 is 4.74 Å². The average Bonchev–Trinajstić information content (AvgIpc) is 2.65. The van der Waals surface area contributed by atoms with Gasteiger partial charge in [0.1, 0.15) is 0 Å². The Morgan fingerprint density at radius 3 is 2.53 bits per heavy atom. The van der Waals surface area contributed by atoms with Crippen molar-refractivity contribution in [1.82, 2.24) is 5.32 Å². The fraction of sp³-hybridized carbons (Fsp3) is 1.00. The van der Waals surface area contributed by atoms with Gasteiger partial charge in [0, 0.05) is 19.2 Å². The monoisotopic (exact) mass is 213 g/mol. The van der Waals surface area contributed by atoms with Crippen LogP contribution in [0.1, 0.15) is 46.5 Å². The van der Waals surface area contributed by atoms with Crippen LogP contribution >= 0.6 is 0 Å². The van der Waals surface area contributed by atoms with E-state index < -0.39 is 0 Å². The molecule has 0 aromatic heterocycles. The number of hydrogen-bond acceptors (Lipinski definition) is 2. The predicted molar refractivity (Wildman–Crippen MR) is 65.1 cm³/mol. The van der Waals surface area contributed by atoms with Crippen molar-refractivity contribution in [3.8, 4) is 0 Å². The number of ether oxygens (including phenoxy) is 1. The summed E-state index contributed by atoms with van der Waals surface area (Å²) in [5, 5.41) is 3.76. The third kappa shape index (κ3) is 4.12. The van der Waals surface area contributed by atoms with Crippen molar-refractivity contribution in [3.05, 3.63) is 0 Å². The summed E-state index contributed by atoms with van der Waals surface area (Å²) in [5.41, 5.74) is 0. The lowest BCUT2D eigenvalue weighted by Gasteiger charge is -2.25. The van der Waals surface area contributed by atoms with Crippen molar-refractivity contribution in [2.24, 2.45) is 11.8 Å². The number of rotatable bonds is 6. The van der Waals surface area contributed by atoms with Crippen LogP contribution in [0, 0.1) is 11.8 Å². The predicted octanol–water partition coefficient (Wildman–Crippen LogP) is 2.83. The van der Waals surface area contributed by atoms with Crippen LogP contribution in [0.5, 0.6) is 0 Å². The molecule has 90 valence electrons. The van der Waals surface area contributed by atoms with E-state index in [1.165, 1.54) is 25.7 Å². The van der Waals surface area contributed by atoms with Crippen molar-refractivity contribution in [2.75, 3.05) is 13.7 Å². The highest BCUT2D eigenvalue weighted by Crippen LogP contribution is 2.28. The second kappa shape index (κ2) is 6.49. The minimum Gasteiger partial charge on any atom is -0.383 e. The summed E-state index contributed by atoms with van der Waals surface area (Å²) in [4.78, 5) is 0. The fourth-order valence-electron chi connectivity index (χ4n) is 2.51. The molecule has 1 aliphatic carbocycles. The van der Waals surface area contributed by atoms with E-state index in [1.807, 2.05) is 0 Å². The van der Waals surface area contributed by atoms with Crippen LogP contribution < -0.4 is 5.32 Å². The molecule has 1 fully saturated rings. The number of hydrogen-bond donors (Lipinski definition) is 1. The molecule has 0 radical (unpaired) electrons. The van der Waals surface area contributed by atoms with Gasteiger partial charge in [-0.15, -0.1) is 0 Å². The molecule has 1 saturated carbocycles. The molecule has 0 aromatic rings. The topological polar surface area (TPSA) is 21.3 Å². The Bertz CT molecular complexity index is 170. The van der Waals surface area contributed by atoms with Gasteiger partial charge in [-0.25, -0.2) is 0 Å². The molecule has 1 rings (SSSR count). The summed E-state index contributed by atoms with van der Waals surface area (Å²) in [6.07, 6.45) is 5.47. The fourth-order valence-corrected chi connectivity index (χ4v) is 2.51. The van der Waals surface area contributed by atoms with E-state index in [-0.39, 0.29) is 0 Å². The first-order valence-corrected chi connectivity index (χ1v) is 6.42. The molecule has 0 amide bonds. The van der Waals surface area contributed by atoms with Crippen LogP contribution in [0.4, 0.5) is 0 Å². The number of methoxy groups -OCH3 is 1. The first-order valence-electron chi connectivity index (χ1n) is 6.42. The Labute approximate surface area is 94.8 Å². The standard InChI is InChI=1S/C13H27NO/c1-5-11-6-7-12(8-11)14-13(9-15-4)10(2)3/h10-14H,5-9H2,1-4H3. The normalized spacial score (nSPS) is 28.6. The van der Waals surface area contributed by atoms with E-state index in [1.54, 1.807) is 7.11 Å². The van der Waals surface area contributed by atoms with Crippen LogP contribution in [-0.4, -0.2) is 25.8 Å². The highest BCUT2D eigenvalue weighted by atomic mass is 16.5. The zero-order valence-corrected chi connectivity index (χ0v) is 10.8. The van der Waals surface area contributed by atoms with Gasteiger partial charge in [0.15, 0.2) is 0 Å². The highest BCUT2D eigenvalue weighted by molar-refractivity contribution is 4.83. The maximum Gasteiger partial charge on any atom is 0.0618 e. The average molecular weight is 213 g/mol. The molecule has 2 nitrogen and oxygen atoms in total. The molecular weight excluding hydrogens is 186 g/mol. The Balaban J connectivity index is 2.32.